The fourth-order valence-electron chi connectivity index (χ4n) is 9.68. The maximum absolute atomic E-state index is 2.54. The van der Waals surface area contributed by atoms with E-state index in [-0.39, 0.29) is 0 Å². The topological polar surface area (TPSA) is 16.5 Å². The molecule has 4 nitrogen and oxygen atoms in total. The van der Waals surface area contributed by atoms with Gasteiger partial charge in [-0.05, 0) is 66.7 Å². The normalized spacial score (nSPS) is 12.6. The molecule has 13 aromatic rings. The van der Waals surface area contributed by atoms with Crippen LogP contribution >= 0.6 is 0 Å². The van der Waals surface area contributed by atoms with Gasteiger partial charge in [0.05, 0.1) is 49.7 Å². The van der Waals surface area contributed by atoms with E-state index in [4.69, 9.17) is 0 Å². The minimum Gasteiger partial charge on any atom is -0.310 e. The van der Waals surface area contributed by atoms with Gasteiger partial charge in [0.15, 0.2) is 0 Å². The summed E-state index contributed by atoms with van der Waals surface area (Å²) in [5.41, 5.74) is 14.7. The molecule has 0 unspecified atom stereocenters. The van der Waals surface area contributed by atoms with Crippen LogP contribution in [-0.2, 0) is 0 Å². The first-order valence-corrected chi connectivity index (χ1v) is 18.0. The highest BCUT2D eigenvalue weighted by Crippen LogP contribution is 2.47. The number of nitrogens with zero attached hydrogens (tertiary/aromatic N) is 4. The van der Waals surface area contributed by atoms with Crippen LogP contribution in [0.15, 0.2) is 170 Å². The van der Waals surface area contributed by atoms with Gasteiger partial charge in [-0.3, -0.25) is 0 Å². The fourth-order valence-corrected chi connectivity index (χ4v) is 9.68. The van der Waals surface area contributed by atoms with Crippen molar-refractivity contribution in [2.45, 2.75) is 0 Å². The summed E-state index contributed by atoms with van der Waals surface area (Å²) in [5, 5.41) is 10.3. The molecule has 0 N–H and O–H groups in total. The smallest absolute Gasteiger partial charge is 0.0784 e. The van der Waals surface area contributed by atoms with Gasteiger partial charge in [-0.1, -0.05) is 103 Å². The van der Waals surface area contributed by atoms with Gasteiger partial charge < -0.3 is 18.1 Å². The second-order valence-corrected chi connectivity index (χ2v) is 14.1. The summed E-state index contributed by atoms with van der Waals surface area (Å²) in [6, 6.07) is 62.4. The summed E-state index contributed by atoms with van der Waals surface area (Å²) in [5.74, 6) is 0. The van der Waals surface area contributed by atoms with Crippen molar-refractivity contribution >= 4 is 110 Å². The summed E-state index contributed by atoms with van der Waals surface area (Å²) in [4.78, 5) is 2.35. The van der Waals surface area contributed by atoms with E-state index in [1.165, 1.54) is 92.7 Å². The number of benzene rings is 8. The van der Waals surface area contributed by atoms with Crippen LogP contribution in [0.5, 0.6) is 0 Å². The molecule has 0 saturated heterocycles. The van der Waals surface area contributed by atoms with E-state index in [1.54, 1.807) is 0 Å². The third-order valence-corrected chi connectivity index (χ3v) is 11.6. The minimum absolute atomic E-state index is 1.14. The number of hydrogen-bond donors (Lipinski definition) is 0. The van der Waals surface area contributed by atoms with Crippen molar-refractivity contribution in [2.24, 2.45) is 0 Å². The Morgan fingerprint density at radius 1 is 0.269 bits per heavy atom. The Labute approximate surface area is 296 Å². The van der Waals surface area contributed by atoms with Gasteiger partial charge in [0.1, 0.15) is 0 Å². The molecule has 0 amide bonds. The Kier molecular flexibility index (Phi) is 4.83. The molecule has 240 valence electrons. The van der Waals surface area contributed by atoms with Crippen LogP contribution in [0.25, 0.3) is 92.7 Å². The number of aromatic nitrogens is 3. The van der Waals surface area contributed by atoms with Crippen molar-refractivity contribution in [2.75, 3.05) is 4.90 Å². The first kappa shape index (κ1) is 26.8. The lowest BCUT2D eigenvalue weighted by molar-refractivity contribution is 1.25. The number of anilines is 3. The minimum atomic E-state index is 1.14. The van der Waals surface area contributed by atoms with E-state index < -0.39 is 0 Å². The van der Waals surface area contributed by atoms with Crippen molar-refractivity contribution < 1.29 is 0 Å². The van der Waals surface area contributed by atoms with Crippen molar-refractivity contribution in [1.82, 2.24) is 13.2 Å². The van der Waals surface area contributed by atoms with Gasteiger partial charge in [-0.15, -0.1) is 0 Å². The zero-order valence-electron chi connectivity index (χ0n) is 28.0. The Morgan fingerprint density at radius 2 is 0.769 bits per heavy atom. The molecule has 0 radical (unpaired) electrons. The van der Waals surface area contributed by atoms with Crippen molar-refractivity contribution in [3.63, 3.8) is 0 Å². The lowest BCUT2D eigenvalue weighted by atomic mass is 10.1. The average molecular weight is 661 g/mol. The van der Waals surface area contributed by atoms with Crippen LogP contribution in [0.3, 0.4) is 0 Å². The van der Waals surface area contributed by atoms with Crippen LogP contribution in [0.1, 0.15) is 0 Å². The third-order valence-electron chi connectivity index (χ3n) is 11.6. The summed E-state index contributed by atoms with van der Waals surface area (Å²) < 4.78 is 7.59. The zero-order chi connectivity index (χ0) is 33.7. The first-order chi connectivity index (χ1) is 25.8. The van der Waals surface area contributed by atoms with Crippen LogP contribution in [0.2, 0.25) is 0 Å². The quantitative estimate of drug-likeness (QED) is 0.172. The Bertz CT molecular complexity index is 3530. The average Bonchev–Trinajstić information content (AvgIpc) is 3.93. The molecule has 0 atom stereocenters. The number of rotatable bonds is 3. The molecule has 5 aromatic heterocycles. The number of para-hydroxylation sites is 6. The molecule has 13 rings (SSSR count). The largest absolute Gasteiger partial charge is 0.310 e. The Balaban J connectivity index is 1.18. The van der Waals surface area contributed by atoms with Gasteiger partial charge in [-0.2, -0.15) is 0 Å². The van der Waals surface area contributed by atoms with Gasteiger partial charge in [0.2, 0.25) is 0 Å². The summed E-state index contributed by atoms with van der Waals surface area (Å²) in [6.45, 7) is 0. The van der Waals surface area contributed by atoms with Crippen LogP contribution in [-0.4, -0.2) is 13.2 Å². The second kappa shape index (κ2) is 9.39. The van der Waals surface area contributed by atoms with Gasteiger partial charge in [0.25, 0.3) is 0 Å². The van der Waals surface area contributed by atoms with E-state index in [0.29, 0.717) is 0 Å². The molecule has 8 aromatic carbocycles. The molecule has 0 aliphatic rings. The highest BCUT2D eigenvalue weighted by molar-refractivity contribution is 6.32. The summed E-state index contributed by atoms with van der Waals surface area (Å²) in [7, 11) is 0. The summed E-state index contributed by atoms with van der Waals surface area (Å²) >= 11 is 0. The zero-order valence-corrected chi connectivity index (χ0v) is 28.0. The molecule has 0 saturated carbocycles. The molecule has 0 aliphatic heterocycles. The lowest BCUT2D eigenvalue weighted by Gasteiger charge is -2.25. The Hall–Kier alpha value is -7.04. The SMILES string of the molecule is c1ccc(N(c2ccccc2)c2ccc3c(c2)c2cccc4c2n3c2cccc3c5c(ccc6c7cccc8c9ccccc9n(c87)c65)n4c32)cc1. The second-order valence-electron chi connectivity index (χ2n) is 14.1. The third kappa shape index (κ3) is 3.11. The molecular weight excluding hydrogens is 633 g/mol. The highest BCUT2D eigenvalue weighted by atomic mass is 15.1. The molecule has 0 spiro atoms. The van der Waals surface area contributed by atoms with Gasteiger partial charge in [0, 0.05) is 60.2 Å². The van der Waals surface area contributed by atoms with Crippen LogP contribution < -0.4 is 4.90 Å². The monoisotopic (exact) mass is 660 g/mol. The van der Waals surface area contributed by atoms with Crippen molar-refractivity contribution in [3.8, 4) is 0 Å². The maximum Gasteiger partial charge on any atom is 0.0784 e. The summed E-state index contributed by atoms with van der Waals surface area (Å²) in [6.07, 6.45) is 0. The molecule has 5 heterocycles. The molecule has 0 aliphatic carbocycles. The standard InChI is InChI=1S/C48H28N4/c1-3-12-29(13-4-1)49(30-14-5-2-6-15-30)31-24-26-40-38(28-31)35-19-10-22-42-46(35)50(40)43-23-11-20-37-44-41(51(42)47(37)43)27-25-36-34-18-9-17-33-32-16-7-8-21-39(32)52(45(33)34)48(36)44/h1-28H. The van der Waals surface area contributed by atoms with Gasteiger partial charge in [-0.25, -0.2) is 0 Å². The molecule has 4 heteroatoms. The fraction of sp³-hybridized carbons (Fsp3) is 0. The van der Waals surface area contributed by atoms with E-state index in [0.717, 1.165) is 17.1 Å². The van der Waals surface area contributed by atoms with Crippen LogP contribution in [0, 0.1) is 0 Å². The maximum atomic E-state index is 2.54. The van der Waals surface area contributed by atoms with E-state index in [1.807, 2.05) is 0 Å². The molecule has 0 bridgehead atoms. The molecule has 52 heavy (non-hydrogen) atoms. The van der Waals surface area contributed by atoms with Gasteiger partial charge >= 0.3 is 0 Å². The Morgan fingerprint density at radius 3 is 1.52 bits per heavy atom. The number of fused-ring (bicyclic) bond motifs is 15. The van der Waals surface area contributed by atoms with Crippen LogP contribution in [0.4, 0.5) is 17.1 Å². The predicted octanol–water partition coefficient (Wildman–Crippen LogP) is 12.9. The first-order valence-electron chi connectivity index (χ1n) is 18.0. The van der Waals surface area contributed by atoms with E-state index in [2.05, 4.69) is 188 Å². The molecular formula is C48H28N4. The molecule has 0 fully saturated rings. The van der Waals surface area contributed by atoms with Crippen molar-refractivity contribution in [1.29, 1.82) is 0 Å². The lowest BCUT2D eigenvalue weighted by Crippen LogP contribution is -2.09. The highest BCUT2D eigenvalue weighted by Gasteiger charge is 2.25. The van der Waals surface area contributed by atoms with E-state index >= 15 is 0 Å². The van der Waals surface area contributed by atoms with Crippen molar-refractivity contribution in [3.05, 3.63) is 170 Å². The number of hydrogen-bond acceptors (Lipinski definition) is 1. The predicted molar refractivity (Wildman–Crippen MR) is 219 cm³/mol. The van der Waals surface area contributed by atoms with E-state index in [9.17, 15) is 0 Å².